The van der Waals surface area contributed by atoms with Crippen molar-refractivity contribution in [2.24, 2.45) is 0 Å². The largest absolute Gasteiger partial charge is 0.477 e. The molecule has 0 radical (unpaired) electrons. The summed E-state index contributed by atoms with van der Waals surface area (Å²) in [5.41, 5.74) is 0. The molecule has 0 rings (SSSR count). The lowest BCUT2D eigenvalue weighted by molar-refractivity contribution is -0.870. The van der Waals surface area contributed by atoms with Crippen molar-refractivity contribution in [2.75, 3.05) is 47.5 Å². The van der Waals surface area contributed by atoms with Crippen LogP contribution in [0.15, 0.2) is 134 Å². The van der Waals surface area contributed by atoms with E-state index in [1.54, 1.807) is 0 Å². The fourth-order valence-corrected chi connectivity index (χ4v) is 5.01. The van der Waals surface area contributed by atoms with Gasteiger partial charge in [-0.3, -0.25) is 9.59 Å². The van der Waals surface area contributed by atoms with Crippen LogP contribution in [0.3, 0.4) is 0 Å². The summed E-state index contributed by atoms with van der Waals surface area (Å²) in [5.74, 6) is -2.22. The molecule has 0 aromatic carbocycles. The molecule has 9 nitrogen and oxygen atoms in total. The number of carboxylic acids is 1. The van der Waals surface area contributed by atoms with Crippen molar-refractivity contribution in [1.29, 1.82) is 0 Å². The highest BCUT2D eigenvalue weighted by Gasteiger charge is 2.25. The summed E-state index contributed by atoms with van der Waals surface area (Å²) in [6.45, 7) is 4.43. The summed E-state index contributed by atoms with van der Waals surface area (Å²) in [7, 11) is 5.90. The second-order valence-corrected chi connectivity index (χ2v) is 15.2. The van der Waals surface area contributed by atoms with Crippen LogP contribution in [0.1, 0.15) is 117 Å². The van der Waals surface area contributed by atoms with Crippen molar-refractivity contribution >= 4 is 17.9 Å². The number of aliphatic carboxylic acids is 1. The summed E-state index contributed by atoms with van der Waals surface area (Å²) < 4.78 is 22.5. The first-order valence-corrected chi connectivity index (χ1v) is 22.3. The van der Waals surface area contributed by atoms with Crippen molar-refractivity contribution in [2.45, 2.75) is 129 Å². The van der Waals surface area contributed by atoms with Crippen LogP contribution in [-0.4, -0.2) is 87.4 Å². The normalized spacial score (nSPS) is 14.2. The number of quaternary nitrogens is 1. The molecular weight excluding hydrogens is 767 g/mol. The smallest absolute Gasteiger partial charge is 0.361 e. The third-order valence-corrected chi connectivity index (χ3v) is 8.42. The molecule has 0 spiro atoms. The maximum absolute atomic E-state index is 12.7. The average molecular weight is 847 g/mol. The van der Waals surface area contributed by atoms with Gasteiger partial charge < -0.3 is 28.5 Å². The maximum Gasteiger partial charge on any atom is 0.361 e. The highest BCUT2D eigenvalue weighted by Crippen LogP contribution is 2.08. The molecule has 61 heavy (non-hydrogen) atoms. The van der Waals surface area contributed by atoms with Gasteiger partial charge in [-0.15, -0.1) is 0 Å². The van der Waals surface area contributed by atoms with Crippen LogP contribution >= 0.6 is 0 Å². The van der Waals surface area contributed by atoms with Crippen LogP contribution < -0.4 is 0 Å². The van der Waals surface area contributed by atoms with Gasteiger partial charge in [0, 0.05) is 12.8 Å². The molecule has 340 valence electrons. The van der Waals surface area contributed by atoms with Gasteiger partial charge in [0.1, 0.15) is 13.2 Å². The zero-order chi connectivity index (χ0) is 44.9. The number of hydrogen-bond acceptors (Lipinski definition) is 7. The second kappa shape index (κ2) is 42.1. The van der Waals surface area contributed by atoms with Crippen molar-refractivity contribution in [1.82, 2.24) is 0 Å². The van der Waals surface area contributed by atoms with E-state index in [1.807, 2.05) is 39.4 Å². The van der Waals surface area contributed by atoms with Gasteiger partial charge in [-0.25, -0.2) is 4.79 Å². The first kappa shape index (κ1) is 56.4. The van der Waals surface area contributed by atoms with Gasteiger partial charge in [-0.2, -0.15) is 0 Å². The molecule has 1 N–H and O–H groups in total. The molecule has 0 aliphatic carbocycles. The first-order valence-electron chi connectivity index (χ1n) is 22.3. The van der Waals surface area contributed by atoms with E-state index in [-0.39, 0.29) is 32.7 Å². The van der Waals surface area contributed by atoms with E-state index in [9.17, 15) is 19.5 Å². The minimum absolute atomic E-state index is 0.156. The minimum atomic E-state index is -1.55. The summed E-state index contributed by atoms with van der Waals surface area (Å²) in [5, 5.41) is 9.63. The van der Waals surface area contributed by atoms with E-state index in [0.29, 0.717) is 30.3 Å². The van der Waals surface area contributed by atoms with Crippen LogP contribution in [0.5, 0.6) is 0 Å². The van der Waals surface area contributed by atoms with E-state index in [2.05, 4.69) is 129 Å². The third-order valence-electron chi connectivity index (χ3n) is 8.42. The second-order valence-electron chi connectivity index (χ2n) is 15.2. The van der Waals surface area contributed by atoms with Gasteiger partial charge in [0.05, 0.1) is 34.4 Å². The van der Waals surface area contributed by atoms with Crippen molar-refractivity contribution < 1.29 is 42.9 Å². The topological polar surface area (TPSA) is 108 Å². The number of ether oxygens (including phenoxy) is 4. The van der Waals surface area contributed by atoms with Crippen molar-refractivity contribution in [3.63, 3.8) is 0 Å². The first-order chi connectivity index (χ1) is 29.6. The Bertz CT molecular complexity index is 1450. The van der Waals surface area contributed by atoms with Gasteiger partial charge in [0.25, 0.3) is 6.29 Å². The van der Waals surface area contributed by atoms with E-state index in [0.717, 1.165) is 70.6 Å². The van der Waals surface area contributed by atoms with Gasteiger partial charge in [0.2, 0.25) is 0 Å². The monoisotopic (exact) mass is 847 g/mol. The Kier molecular flexibility index (Phi) is 39.0. The van der Waals surface area contributed by atoms with Crippen LogP contribution in [0.25, 0.3) is 0 Å². The number of esters is 2. The molecule has 0 fully saturated rings. The standard InChI is InChI=1S/C52H79NO8/c1-6-8-10-12-14-16-18-20-21-22-23-24-25-26-27-28-29-31-33-35-37-39-41-43-50(55)61-48(47-60-52(51(56)57)58-45-44-53(3,4)5)46-59-49(54)42-40-38-36-34-32-30-19-17-15-13-11-9-7-2/h8-11,14-17,20-21,23-24,26-27,29-32,35-38,48,52H,6-7,12-13,18-19,22,25,28,33-34,39-47H2,1-5H3/p+1/b10-8-,11-9-,16-14-,17-15-,21-20-,24-23-,27-26-,31-29-,32-30-,37-35-,38-36-. The zero-order valence-electron chi connectivity index (χ0n) is 38.3. The maximum atomic E-state index is 12.7. The predicted molar refractivity (Wildman–Crippen MR) is 253 cm³/mol. The lowest BCUT2D eigenvalue weighted by Crippen LogP contribution is -2.40. The van der Waals surface area contributed by atoms with Gasteiger partial charge >= 0.3 is 17.9 Å². The molecule has 0 amide bonds. The molecule has 0 aromatic heterocycles. The Labute approximate surface area is 369 Å². The predicted octanol–water partition coefficient (Wildman–Crippen LogP) is 12.0. The quantitative estimate of drug-likeness (QED) is 0.0215. The Morgan fingerprint density at radius 2 is 0.885 bits per heavy atom. The van der Waals surface area contributed by atoms with Gasteiger partial charge in [-0.1, -0.05) is 148 Å². The number of hydrogen-bond donors (Lipinski definition) is 1. The molecule has 0 saturated heterocycles. The molecule has 0 heterocycles. The Hall–Kier alpha value is -4.57. The van der Waals surface area contributed by atoms with Crippen LogP contribution in [0.4, 0.5) is 0 Å². The number of allylic oxidation sites excluding steroid dienone is 22. The molecule has 0 aliphatic heterocycles. The Balaban J connectivity index is 4.64. The summed E-state index contributed by atoms with van der Waals surface area (Å²) in [4.78, 5) is 37.0. The highest BCUT2D eigenvalue weighted by molar-refractivity contribution is 5.71. The van der Waals surface area contributed by atoms with E-state index in [4.69, 9.17) is 18.9 Å². The van der Waals surface area contributed by atoms with Crippen LogP contribution in [-0.2, 0) is 33.3 Å². The summed E-state index contributed by atoms with van der Waals surface area (Å²) in [6.07, 6.45) is 56.9. The lowest BCUT2D eigenvalue weighted by atomic mass is 10.2. The summed E-state index contributed by atoms with van der Waals surface area (Å²) in [6, 6.07) is 0. The Morgan fingerprint density at radius 1 is 0.492 bits per heavy atom. The van der Waals surface area contributed by atoms with Crippen LogP contribution in [0, 0.1) is 0 Å². The van der Waals surface area contributed by atoms with E-state index < -0.39 is 30.3 Å². The number of carbonyl (C=O) groups is 3. The molecule has 0 aliphatic rings. The fourth-order valence-electron chi connectivity index (χ4n) is 5.01. The van der Waals surface area contributed by atoms with Gasteiger partial charge in [-0.05, 0) is 89.9 Å². The minimum Gasteiger partial charge on any atom is -0.477 e. The molecule has 0 aromatic rings. The SMILES string of the molecule is CC/C=C\C/C=C\C/C=C\C/C=C\C/C=C\C/C=C\C/C=C\CCCC(=O)OC(COC(=O)CC/C=C\C/C=C\C/C=C\C/C=C\CC)COC(OCC[N+](C)(C)C)C(=O)O. The molecule has 0 bridgehead atoms. The number of unbranched alkanes of at least 4 members (excludes halogenated alkanes) is 1. The Morgan fingerprint density at radius 3 is 1.28 bits per heavy atom. The van der Waals surface area contributed by atoms with E-state index >= 15 is 0 Å². The molecule has 0 saturated carbocycles. The number of carbonyl (C=O) groups excluding carboxylic acids is 2. The number of carboxylic acid groups (broad SMARTS) is 1. The molecule has 2 unspecified atom stereocenters. The fraction of sp³-hybridized carbons (Fsp3) is 0.519. The third kappa shape index (κ3) is 43.3. The molecule has 9 heteroatoms. The number of nitrogens with zero attached hydrogens (tertiary/aromatic N) is 1. The average Bonchev–Trinajstić information content (AvgIpc) is 3.22. The highest BCUT2D eigenvalue weighted by atomic mass is 16.7. The number of rotatable bonds is 38. The van der Waals surface area contributed by atoms with Crippen molar-refractivity contribution in [3.8, 4) is 0 Å². The molecular formula is C52H80NO8+. The number of likely N-dealkylation sites (N-methyl/N-ethyl adjacent to an activating group) is 1. The van der Waals surface area contributed by atoms with Gasteiger partial charge in [0.15, 0.2) is 6.10 Å². The summed E-state index contributed by atoms with van der Waals surface area (Å²) >= 11 is 0. The van der Waals surface area contributed by atoms with Crippen LogP contribution in [0.2, 0.25) is 0 Å². The van der Waals surface area contributed by atoms with Crippen molar-refractivity contribution in [3.05, 3.63) is 134 Å². The zero-order valence-corrected chi connectivity index (χ0v) is 38.3. The molecule has 2 atom stereocenters. The van der Waals surface area contributed by atoms with E-state index in [1.165, 1.54) is 0 Å². The lowest BCUT2D eigenvalue weighted by Gasteiger charge is -2.25.